The van der Waals surface area contributed by atoms with Crippen LogP contribution in [-0.2, 0) is 4.79 Å². The highest BCUT2D eigenvalue weighted by molar-refractivity contribution is 8.00. The lowest BCUT2D eigenvalue weighted by atomic mass is 10.0. The van der Waals surface area contributed by atoms with Crippen LogP contribution in [0.1, 0.15) is 28.6 Å². The summed E-state index contributed by atoms with van der Waals surface area (Å²) in [6.45, 7) is 5.91. The molecule has 7 heteroatoms. The van der Waals surface area contributed by atoms with E-state index in [2.05, 4.69) is 20.9 Å². The predicted molar refractivity (Wildman–Crippen MR) is 107 cm³/mol. The van der Waals surface area contributed by atoms with Crippen molar-refractivity contribution in [2.75, 3.05) is 10.7 Å². The van der Waals surface area contributed by atoms with Gasteiger partial charge in [-0.1, -0.05) is 54.2 Å². The van der Waals surface area contributed by atoms with Gasteiger partial charge in [0.2, 0.25) is 11.1 Å². The van der Waals surface area contributed by atoms with Gasteiger partial charge in [0, 0.05) is 5.69 Å². The maximum absolute atomic E-state index is 13.2. The highest BCUT2D eigenvalue weighted by atomic mass is 32.2. The van der Waals surface area contributed by atoms with Crippen LogP contribution in [0.15, 0.2) is 53.7 Å². The van der Waals surface area contributed by atoms with Gasteiger partial charge in [-0.25, -0.2) is 4.68 Å². The molecule has 1 aromatic heterocycles. The summed E-state index contributed by atoms with van der Waals surface area (Å²) in [5.41, 5.74) is 7.45. The van der Waals surface area contributed by atoms with Gasteiger partial charge in [0.1, 0.15) is 11.1 Å². The first-order valence-electron chi connectivity index (χ1n) is 8.81. The minimum Gasteiger partial charge on any atom is -0.325 e. The number of hydrogen-bond acceptors (Lipinski definition) is 5. The Labute approximate surface area is 162 Å². The SMILES string of the molecule is Cc1ccc(C)c(NC(=O)[C@H]2Sc3nnc(C)n3N[C@@H]2c2ccccc2)c1. The van der Waals surface area contributed by atoms with Crippen LogP contribution in [0, 0.1) is 20.8 Å². The molecule has 0 aliphatic carbocycles. The second kappa shape index (κ2) is 7.08. The molecule has 4 rings (SSSR count). The van der Waals surface area contributed by atoms with Gasteiger partial charge in [0.15, 0.2) is 0 Å². The number of amides is 1. The van der Waals surface area contributed by atoms with E-state index in [1.54, 1.807) is 0 Å². The van der Waals surface area contributed by atoms with Crippen molar-refractivity contribution in [3.8, 4) is 0 Å². The molecule has 138 valence electrons. The molecule has 1 amide bonds. The van der Waals surface area contributed by atoms with Crippen LogP contribution in [-0.4, -0.2) is 26.0 Å². The number of carbonyl (C=O) groups excluding carboxylic acids is 1. The van der Waals surface area contributed by atoms with Gasteiger partial charge >= 0.3 is 0 Å². The van der Waals surface area contributed by atoms with Crippen molar-refractivity contribution < 1.29 is 4.79 Å². The number of thioether (sulfide) groups is 1. The molecular formula is C20H21N5OS. The van der Waals surface area contributed by atoms with Crippen LogP contribution in [0.3, 0.4) is 0 Å². The van der Waals surface area contributed by atoms with Gasteiger partial charge in [0.05, 0.1) is 6.04 Å². The van der Waals surface area contributed by atoms with Gasteiger partial charge in [-0.3, -0.25) is 4.79 Å². The Bertz CT molecular complexity index is 985. The Balaban J connectivity index is 1.67. The third-order valence-electron chi connectivity index (χ3n) is 4.67. The third kappa shape index (κ3) is 3.42. The number of benzene rings is 2. The Kier molecular flexibility index (Phi) is 4.61. The maximum Gasteiger partial charge on any atom is 0.240 e. The molecule has 1 aliphatic rings. The molecular weight excluding hydrogens is 358 g/mol. The Morgan fingerprint density at radius 2 is 1.89 bits per heavy atom. The van der Waals surface area contributed by atoms with E-state index in [0.717, 1.165) is 28.2 Å². The average molecular weight is 379 g/mol. The van der Waals surface area contributed by atoms with E-state index in [-0.39, 0.29) is 17.2 Å². The fourth-order valence-electron chi connectivity index (χ4n) is 3.15. The fraction of sp³-hybridized carbons (Fsp3) is 0.250. The molecule has 0 bridgehead atoms. The third-order valence-corrected chi connectivity index (χ3v) is 5.88. The van der Waals surface area contributed by atoms with E-state index in [0.29, 0.717) is 5.16 Å². The number of hydrogen-bond donors (Lipinski definition) is 2. The summed E-state index contributed by atoms with van der Waals surface area (Å²) in [6, 6.07) is 15.9. The van der Waals surface area contributed by atoms with Crippen molar-refractivity contribution in [2.24, 2.45) is 0 Å². The number of carbonyl (C=O) groups is 1. The van der Waals surface area contributed by atoms with Gasteiger partial charge in [-0.05, 0) is 43.5 Å². The van der Waals surface area contributed by atoms with Crippen LogP contribution in [0.4, 0.5) is 5.69 Å². The van der Waals surface area contributed by atoms with E-state index in [9.17, 15) is 4.79 Å². The van der Waals surface area contributed by atoms with Crippen LogP contribution in [0.5, 0.6) is 0 Å². The van der Waals surface area contributed by atoms with Crippen molar-refractivity contribution in [3.63, 3.8) is 0 Å². The van der Waals surface area contributed by atoms with Gasteiger partial charge < -0.3 is 10.7 Å². The van der Waals surface area contributed by atoms with Crippen LogP contribution in [0.25, 0.3) is 0 Å². The molecule has 0 radical (unpaired) electrons. The number of nitrogens with one attached hydrogen (secondary N) is 2. The quantitative estimate of drug-likeness (QED) is 0.727. The summed E-state index contributed by atoms with van der Waals surface area (Å²) in [5.74, 6) is 0.716. The molecule has 3 aromatic rings. The first-order chi connectivity index (χ1) is 13.0. The van der Waals surface area contributed by atoms with E-state index in [1.165, 1.54) is 11.8 Å². The van der Waals surface area contributed by atoms with Crippen LogP contribution < -0.4 is 10.7 Å². The standard InChI is InChI=1S/C20H21N5OS/c1-12-9-10-13(2)16(11-12)21-19(26)18-17(15-7-5-4-6-8-15)24-25-14(3)22-23-20(25)27-18/h4-11,17-18,24H,1-3H3,(H,21,26)/t17-,18+/m1/s1. The van der Waals surface area contributed by atoms with Crippen molar-refractivity contribution in [1.82, 2.24) is 14.9 Å². The second-order valence-electron chi connectivity index (χ2n) is 6.73. The molecule has 2 atom stereocenters. The largest absolute Gasteiger partial charge is 0.325 e. The summed E-state index contributed by atoms with van der Waals surface area (Å²) in [5, 5.41) is 11.7. The Morgan fingerprint density at radius 1 is 1.11 bits per heavy atom. The zero-order valence-electron chi connectivity index (χ0n) is 15.4. The number of aromatic nitrogens is 3. The molecule has 0 saturated carbocycles. The summed E-state index contributed by atoms with van der Waals surface area (Å²) in [4.78, 5) is 13.2. The molecule has 0 unspecified atom stereocenters. The summed E-state index contributed by atoms with van der Waals surface area (Å²) in [7, 11) is 0. The topological polar surface area (TPSA) is 71.8 Å². The number of nitrogens with zero attached hydrogens (tertiary/aromatic N) is 3. The lowest BCUT2D eigenvalue weighted by Crippen LogP contribution is -2.41. The van der Waals surface area contributed by atoms with E-state index in [4.69, 9.17) is 0 Å². The average Bonchev–Trinajstić information content (AvgIpc) is 3.04. The van der Waals surface area contributed by atoms with Crippen molar-refractivity contribution >= 4 is 23.4 Å². The molecule has 0 fully saturated rings. The summed E-state index contributed by atoms with van der Waals surface area (Å²) in [6.07, 6.45) is 0. The Hall–Kier alpha value is -2.80. The number of anilines is 1. The van der Waals surface area contributed by atoms with E-state index in [1.807, 2.05) is 74.0 Å². The molecule has 2 aromatic carbocycles. The minimum absolute atomic E-state index is 0.0537. The molecule has 0 saturated heterocycles. The fourth-order valence-corrected chi connectivity index (χ4v) is 4.27. The lowest BCUT2D eigenvalue weighted by molar-refractivity contribution is -0.116. The van der Waals surface area contributed by atoms with Gasteiger partial charge in [0.25, 0.3) is 0 Å². The van der Waals surface area contributed by atoms with E-state index < -0.39 is 0 Å². The second-order valence-corrected chi connectivity index (χ2v) is 7.84. The van der Waals surface area contributed by atoms with Gasteiger partial charge in [-0.15, -0.1) is 10.2 Å². The van der Waals surface area contributed by atoms with Crippen molar-refractivity contribution in [1.29, 1.82) is 0 Å². The highest BCUT2D eigenvalue weighted by Crippen LogP contribution is 2.37. The predicted octanol–water partition coefficient (Wildman–Crippen LogP) is 3.60. The highest BCUT2D eigenvalue weighted by Gasteiger charge is 2.37. The minimum atomic E-state index is -0.372. The molecule has 27 heavy (non-hydrogen) atoms. The van der Waals surface area contributed by atoms with Crippen LogP contribution >= 0.6 is 11.8 Å². The van der Waals surface area contributed by atoms with Crippen molar-refractivity contribution in [2.45, 2.75) is 37.2 Å². The first-order valence-corrected chi connectivity index (χ1v) is 9.69. The first kappa shape index (κ1) is 17.6. The van der Waals surface area contributed by atoms with Crippen LogP contribution in [0.2, 0.25) is 0 Å². The van der Waals surface area contributed by atoms with Crippen molar-refractivity contribution in [3.05, 3.63) is 71.0 Å². The molecule has 2 heterocycles. The maximum atomic E-state index is 13.2. The molecule has 2 N–H and O–H groups in total. The molecule has 0 spiro atoms. The normalized spacial score (nSPS) is 18.5. The number of aryl methyl sites for hydroxylation is 3. The molecule has 1 aliphatic heterocycles. The van der Waals surface area contributed by atoms with Gasteiger partial charge in [-0.2, -0.15) is 0 Å². The number of fused-ring (bicyclic) bond motifs is 1. The lowest BCUT2D eigenvalue weighted by Gasteiger charge is -2.32. The molecule has 6 nitrogen and oxygen atoms in total. The zero-order chi connectivity index (χ0) is 19.0. The monoisotopic (exact) mass is 379 g/mol. The smallest absolute Gasteiger partial charge is 0.240 e. The zero-order valence-corrected chi connectivity index (χ0v) is 16.2. The Morgan fingerprint density at radius 3 is 2.67 bits per heavy atom. The summed E-state index contributed by atoms with van der Waals surface area (Å²) >= 11 is 1.43. The summed E-state index contributed by atoms with van der Waals surface area (Å²) < 4.78 is 1.85. The van der Waals surface area contributed by atoms with E-state index >= 15 is 0 Å². The number of rotatable bonds is 3.